The minimum Gasteiger partial charge on any atom is -0.383 e. The van der Waals surface area contributed by atoms with E-state index in [1.807, 2.05) is 20.8 Å². The molecule has 0 unspecified atom stereocenters. The maximum atomic E-state index is 13.6. The first kappa shape index (κ1) is 26.2. The Morgan fingerprint density at radius 1 is 1.12 bits per heavy atom. The maximum Gasteiger partial charge on any atom is 0.408 e. The zero-order chi connectivity index (χ0) is 24.9. The largest absolute Gasteiger partial charge is 0.408 e. The van der Waals surface area contributed by atoms with Crippen LogP contribution < -0.4 is 21.3 Å². The average Bonchev–Trinajstić information content (AvgIpc) is 2.74. The predicted molar refractivity (Wildman–Crippen MR) is 134 cm³/mol. The first-order chi connectivity index (χ1) is 15.9. The number of hydrogen-bond acceptors (Lipinski definition) is 5. The van der Waals surface area contributed by atoms with Crippen LogP contribution in [0.5, 0.6) is 0 Å². The zero-order valence-corrected chi connectivity index (χ0v) is 20.4. The van der Waals surface area contributed by atoms with Gasteiger partial charge in [0.2, 0.25) is 0 Å². The van der Waals surface area contributed by atoms with Gasteiger partial charge in [0.15, 0.2) is 0 Å². The number of aromatic amines is 1. The number of nitrogens with one attached hydrogen (secondary N) is 3. The first-order valence-electron chi connectivity index (χ1n) is 11.4. The zero-order valence-electron chi connectivity index (χ0n) is 19.6. The Kier molecular flexibility index (Phi) is 8.35. The fourth-order valence-electron chi connectivity index (χ4n) is 3.82. The van der Waals surface area contributed by atoms with Crippen molar-refractivity contribution in [2.45, 2.75) is 75.9 Å². The second-order valence-electron chi connectivity index (χ2n) is 9.47. The number of alkyl halides is 3. The second kappa shape index (κ2) is 10.9. The van der Waals surface area contributed by atoms with Gasteiger partial charge in [0.05, 0.1) is 11.4 Å². The third kappa shape index (κ3) is 7.27. The minimum atomic E-state index is -4.46. The summed E-state index contributed by atoms with van der Waals surface area (Å²) in [6.07, 6.45) is 2.61. The number of aliphatic imine (C=N–C) groups is 1. The van der Waals surface area contributed by atoms with Crippen molar-refractivity contribution in [1.29, 1.82) is 0 Å². The van der Waals surface area contributed by atoms with E-state index >= 15 is 0 Å². The molecule has 1 saturated carbocycles. The van der Waals surface area contributed by atoms with E-state index in [4.69, 9.17) is 5.73 Å². The van der Waals surface area contributed by atoms with Crippen molar-refractivity contribution in [3.8, 4) is 0 Å². The van der Waals surface area contributed by atoms with Crippen molar-refractivity contribution >= 4 is 29.2 Å². The molecule has 1 atom stereocenters. The van der Waals surface area contributed by atoms with Gasteiger partial charge in [-0.3, -0.25) is 4.79 Å². The summed E-state index contributed by atoms with van der Waals surface area (Å²) in [5, 5.41) is 3.41. The maximum absolute atomic E-state index is 13.6. The highest BCUT2D eigenvalue weighted by Crippen LogP contribution is 2.37. The molecule has 1 heterocycles. The van der Waals surface area contributed by atoms with Gasteiger partial charge < -0.3 is 16.0 Å². The normalized spacial score (nSPS) is 16.9. The fraction of sp³-hybridized carbons (Fsp3) is 0.500. The summed E-state index contributed by atoms with van der Waals surface area (Å²) in [5.74, 6) is 0.00157. The van der Waals surface area contributed by atoms with Gasteiger partial charge in [-0.05, 0) is 57.4 Å². The molecule has 6 nitrogen and oxygen atoms in total. The van der Waals surface area contributed by atoms with Gasteiger partial charge in [-0.2, -0.15) is 13.2 Å². The molecule has 3 rings (SSSR count). The number of H-pyrrole nitrogens is 1. The van der Waals surface area contributed by atoms with Gasteiger partial charge in [0.1, 0.15) is 17.4 Å². The van der Waals surface area contributed by atoms with Gasteiger partial charge in [0.25, 0.3) is 5.56 Å². The van der Waals surface area contributed by atoms with E-state index in [2.05, 4.69) is 20.0 Å². The number of anilines is 1. The molecule has 0 amide bonds. The van der Waals surface area contributed by atoms with Crippen molar-refractivity contribution in [1.82, 2.24) is 9.71 Å². The summed E-state index contributed by atoms with van der Waals surface area (Å²) in [7, 11) is 0. The molecule has 1 fully saturated rings. The van der Waals surface area contributed by atoms with Gasteiger partial charge >= 0.3 is 6.18 Å². The molecule has 0 bridgehead atoms. The lowest BCUT2D eigenvalue weighted by Gasteiger charge is -2.26. The molecule has 1 aromatic heterocycles. The lowest BCUT2D eigenvalue weighted by molar-refractivity contribution is -0.152. The minimum absolute atomic E-state index is 0.00157. The van der Waals surface area contributed by atoms with Gasteiger partial charge in [-0.1, -0.05) is 43.3 Å². The molecule has 1 aliphatic carbocycles. The third-order valence-corrected chi connectivity index (χ3v) is 6.43. The van der Waals surface area contributed by atoms with Crippen LogP contribution in [-0.4, -0.2) is 27.8 Å². The van der Waals surface area contributed by atoms with Crippen LogP contribution in [0.3, 0.4) is 0 Å². The Morgan fingerprint density at radius 3 is 2.35 bits per heavy atom. The third-order valence-electron chi connectivity index (χ3n) is 5.47. The van der Waals surface area contributed by atoms with Gasteiger partial charge in [0, 0.05) is 17.0 Å². The molecule has 10 heteroatoms. The number of hydrogen-bond donors (Lipinski definition) is 4. The number of amidine groups is 1. The van der Waals surface area contributed by atoms with E-state index in [9.17, 15) is 18.0 Å². The Labute approximate surface area is 202 Å². The molecule has 0 spiro atoms. The van der Waals surface area contributed by atoms with Crippen molar-refractivity contribution in [2.24, 2.45) is 10.7 Å². The summed E-state index contributed by atoms with van der Waals surface area (Å²) < 4.78 is 43.0. The second-order valence-corrected chi connectivity index (χ2v) is 11.1. The van der Waals surface area contributed by atoms with E-state index in [-0.39, 0.29) is 33.3 Å². The predicted octanol–water partition coefficient (Wildman–Crippen LogP) is 5.80. The Morgan fingerprint density at radius 2 is 1.76 bits per heavy atom. The van der Waals surface area contributed by atoms with E-state index in [0.717, 1.165) is 37.6 Å². The highest BCUT2D eigenvalue weighted by Gasteiger charge is 2.41. The van der Waals surface area contributed by atoms with Crippen LogP contribution in [-0.2, 0) is 0 Å². The highest BCUT2D eigenvalue weighted by atomic mass is 32.2. The molecule has 0 saturated heterocycles. The molecule has 0 radical (unpaired) electrons. The van der Waals surface area contributed by atoms with Crippen molar-refractivity contribution in [3.63, 3.8) is 0 Å². The summed E-state index contributed by atoms with van der Waals surface area (Å²) >= 11 is 1.03. The molecule has 186 valence electrons. The van der Waals surface area contributed by atoms with E-state index in [1.165, 1.54) is 30.7 Å². The molecule has 34 heavy (non-hydrogen) atoms. The molecule has 5 N–H and O–H groups in total. The van der Waals surface area contributed by atoms with E-state index in [0.29, 0.717) is 11.4 Å². The molecular weight excluding hydrogens is 463 g/mol. The molecule has 2 aromatic rings. The SMILES string of the molecule is CC(C)(C)SN[C@@H](c1ccc(N=C(N)c2c(NC3CCCCC3)cc[nH]c2=O)cc1)C(F)(F)F. The Balaban J connectivity index is 1.83. The number of pyridine rings is 1. The average molecular weight is 496 g/mol. The summed E-state index contributed by atoms with van der Waals surface area (Å²) in [5.41, 5.74) is 7.08. The van der Waals surface area contributed by atoms with Crippen LogP contribution in [0.2, 0.25) is 0 Å². The molecule has 1 aromatic carbocycles. The van der Waals surface area contributed by atoms with Crippen LogP contribution in [0.1, 0.15) is 70.0 Å². The van der Waals surface area contributed by atoms with Crippen LogP contribution in [0, 0.1) is 0 Å². The van der Waals surface area contributed by atoms with E-state index in [1.54, 1.807) is 12.3 Å². The topological polar surface area (TPSA) is 95.3 Å². The highest BCUT2D eigenvalue weighted by molar-refractivity contribution is 7.98. The smallest absolute Gasteiger partial charge is 0.383 e. The monoisotopic (exact) mass is 495 g/mol. The number of rotatable bonds is 7. The van der Waals surface area contributed by atoms with Crippen molar-refractivity contribution < 1.29 is 13.2 Å². The van der Waals surface area contributed by atoms with Crippen LogP contribution >= 0.6 is 11.9 Å². The number of halogens is 3. The lowest BCUT2D eigenvalue weighted by Crippen LogP contribution is -2.32. The standard InChI is InChI=1S/C24H32F3N5OS/c1-23(2,3)34-32-20(24(25,26)27)15-9-11-17(12-10-15)31-21(28)19-18(13-14-29-22(19)33)30-16-7-5-4-6-8-16/h9-14,16,20,32H,4-8H2,1-3H3,(H2,28,31)(H2,29,30,33)/t20-/m0/s1. The lowest BCUT2D eigenvalue weighted by atomic mass is 9.95. The summed E-state index contributed by atoms with van der Waals surface area (Å²) in [6, 6.07) is 5.87. The first-order valence-corrected chi connectivity index (χ1v) is 12.2. The summed E-state index contributed by atoms with van der Waals surface area (Å²) in [6.45, 7) is 5.50. The Hall–Kier alpha value is -2.46. The van der Waals surface area contributed by atoms with Crippen LogP contribution in [0.15, 0.2) is 46.3 Å². The van der Waals surface area contributed by atoms with Crippen LogP contribution in [0.4, 0.5) is 24.5 Å². The number of nitrogens with two attached hydrogens (primary N) is 1. The van der Waals surface area contributed by atoms with Crippen molar-refractivity contribution in [3.05, 3.63) is 58.0 Å². The Bertz CT molecular complexity index is 1040. The molecule has 0 aliphatic heterocycles. The number of nitrogens with zero attached hydrogens (tertiary/aromatic N) is 1. The number of benzene rings is 1. The van der Waals surface area contributed by atoms with Crippen LogP contribution in [0.25, 0.3) is 0 Å². The summed E-state index contributed by atoms with van der Waals surface area (Å²) in [4.78, 5) is 19.5. The quantitative estimate of drug-likeness (QED) is 0.221. The van der Waals surface area contributed by atoms with Gasteiger partial charge in [-0.15, -0.1) is 0 Å². The van der Waals surface area contributed by atoms with Crippen molar-refractivity contribution in [2.75, 3.05) is 5.32 Å². The molecule has 1 aliphatic rings. The van der Waals surface area contributed by atoms with E-state index < -0.39 is 12.2 Å². The number of aromatic nitrogens is 1. The molecular formula is C24H32F3N5OS. The fourth-order valence-corrected chi connectivity index (χ4v) is 4.56. The van der Waals surface area contributed by atoms with Gasteiger partial charge in [-0.25, -0.2) is 9.71 Å².